The van der Waals surface area contributed by atoms with E-state index in [2.05, 4.69) is 15.9 Å². The number of hydrogen-bond acceptors (Lipinski definition) is 3. The summed E-state index contributed by atoms with van der Waals surface area (Å²) >= 11 is 3.34. The summed E-state index contributed by atoms with van der Waals surface area (Å²) in [6, 6.07) is 7.36. The van der Waals surface area contributed by atoms with Crippen LogP contribution in [0.5, 0.6) is 5.75 Å². The Labute approximate surface area is 115 Å². The molecule has 1 fully saturated rings. The lowest BCUT2D eigenvalue weighted by Crippen LogP contribution is -2.39. The molecule has 1 heterocycles. The highest BCUT2D eigenvalue weighted by atomic mass is 79.9. The van der Waals surface area contributed by atoms with Gasteiger partial charge in [-0.05, 0) is 37.6 Å². The van der Waals surface area contributed by atoms with Crippen LogP contribution in [0, 0.1) is 0 Å². The Morgan fingerprint density at radius 3 is 2.72 bits per heavy atom. The van der Waals surface area contributed by atoms with Crippen LogP contribution in [0.4, 0.5) is 0 Å². The van der Waals surface area contributed by atoms with Crippen molar-refractivity contribution >= 4 is 21.8 Å². The first-order valence-corrected chi connectivity index (χ1v) is 6.74. The van der Waals surface area contributed by atoms with Crippen LogP contribution in [0.2, 0.25) is 0 Å². The van der Waals surface area contributed by atoms with Gasteiger partial charge in [-0.15, -0.1) is 0 Å². The molecule has 2 rings (SSSR count). The third-order valence-electron chi connectivity index (χ3n) is 2.95. The molecule has 5 heteroatoms. The van der Waals surface area contributed by atoms with Gasteiger partial charge in [-0.1, -0.05) is 15.9 Å². The number of aliphatic hydroxyl groups is 1. The monoisotopic (exact) mass is 313 g/mol. The van der Waals surface area contributed by atoms with Crippen LogP contribution in [0.1, 0.15) is 13.3 Å². The summed E-state index contributed by atoms with van der Waals surface area (Å²) < 4.78 is 6.55. The third kappa shape index (κ3) is 3.23. The Bertz CT molecular complexity index is 421. The Morgan fingerprint density at radius 2 is 2.17 bits per heavy atom. The summed E-state index contributed by atoms with van der Waals surface area (Å²) in [4.78, 5) is 13.7. The highest BCUT2D eigenvalue weighted by molar-refractivity contribution is 9.10. The Hall–Kier alpha value is -1.07. The van der Waals surface area contributed by atoms with Crippen molar-refractivity contribution < 1.29 is 14.6 Å². The van der Waals surface area contributed by atoms with Gasteiger partial charge in [0, 0.05) is 17.6 Å². The zero-order chi connectivity index (χ0) is 13.1. The van der Waals surface area contributed by atoms with Crippen molar-refractivity contribution in [1.82, 2.24) is 4.90 Å². The molecule has 1 aromatic rings. The van der Waals surface area contributed by atoms with Crippen molar-refractivity contribution in [1.29, 1.82) is 0 Å². The molecule has 1 N–H and O–H groups in total. The zero-order valence-corrected chi connectivity index (χ0v) is 11.8. The standard InChI is InChI=1S/C13H16BrNO3/c1-9(13(17)15-7-6-11(16)8-15)18-12-4-2-10(14)3-5-12/h2-5,9,11,16H,6-8H2,1H3/t9?,11-/m1/s1. The second-order valence-corrected chi connectivity index (χ2v) is 5.36. The molecule has 1 aliphatic heterocycles. The number of ether oxygens (including phenoxy) is 1. The molecule has 1 aliphatic rings. The number of benzene rings is 1. The fourth-order valence-electron chi connectivity index (χ4n) is 1.97. The van der Waals surface area contributed by atoms with Gasteiger partial charge in [-0.2, -0.15) is 0 Å². The van der Waals surface area contributed by atoms with Crippen LogP contribution in [0.3, 0.4) is 0 Å². The molecule has 2 atom stereocenters. The SMILES string of the molecule is CC(Oc1ccc(Br)cc1)C(=O)N1CC[C@@H](O)C1. The molecule has 0 aromatic heterocycles. The van der Waals surface area contributed by atoms with Gasteiger partial charge in [0.15, 0.2) is 6.10 Å². The van der Waals surface area contributed by atoms with E-state index in [0.29, 0.717) is 25.3 Å². The maximum Gasteiger partial charge on any atom is 0.263 e. The van der Waals surface area contributed by atoms with Crippen LogP contribution < -0.4 is 4.74 Å². The molecule has 0 spiro atoms. The first-order chi connectivity index (χ1) is 8.56. The smallest absolute Gasteiger partial charge is 0.263 e. The van der Waals surface area contributed by atoms with Crippen LogP contribution in [-0.4, -0.2) is 41.2 Å². The Morgan fingerprint density at radius 1 is 1.50 bits per heavy atom. The van der Waals surface area contributed by atoms with Crippen molar-refractivity contribution in [3.05, 3.63) is 28.7 Å². The van der Waals surface area contributed by atoms with E-state index in [0.717, 1.165) is 4.47 Å². The molecule has 4 nitrogen and oxygen atoms in total. The van der Waals surface area contributed by atoms with Gasteiger partial charge in [0.05, 0.1) is 6.10 Å². The average molecular weight is 314 g/mol. The van der Waals surface area contributed by atoms with E-state index < -0.39 is 12.2 Å². The molecule has 0 saturated carbocycles. The predicted octanol–water partition coefficient (Wildman–Crippen LogP) is 1.81. The highest BCUT2D eigenvalue weighted by Crippen LogP contribution is 2.18. The molecular formula is C13H16BrNO3. The molecule has 1 aromatic carbocycles. The summed E-state index contributed by atoms with van der Waals surface area (Å²) in [5.74, 6) is 0.591. The first kappa shape index (κ1) is 13.4. The lowest BCUT2D eigenvalue weighted by Gasteiger charge is -2.21. The number of carbonyl (C=O) groups is 1. The van der Waals surface area contributed by atoms with E-state index in [-0.39, 0.29) is 5.91 Å². The lowest BCUT2D eigenvalue weighted by atomic mass is 10.3. The van der Waals surface area contributed by atoms with Gasteiger partial charge in [-0.25, -0.2) is 0 Å². The molecule has 0 aliphatic carbocycles. The first-order valence-electron chi connectivity index (χ1n) is 5.95. The average Bonchev–Trinajstić information content (AvgIpc) is 2.78. The lowest BCUT2D eigenvalue weighted by molar-refractivity contribution is -0.137. The summed E-state index contributed by atoms with van der Waals surface area (Å²) in [5.41, 5.74) is 0. The minimum atomic E-state index is -0.531. The zero-order valence-electron chi connectivity index (χ0n) is 10.2. The summed E-state index contributed by atoms with van der Waals surface area (Å²) in [7, 11) is 0. The van der Waals surface area contributed by atoms with Crippen LogP contribution in [-0.2, 0) is 4.79 Å². The van der Waals surface area contributed by atoms with Gasteiger partial charge in [0.25, 0.3) is 5.91 Å². The van der Waals surface area contributed by atoms with Crippen molar-refractivity contribution in [3.8, 4) is 5.75 Å². The van der Waals surface area contributed by atoms with E-state index in [9.17, 15) is 9.90 Å². The van der Waals surface area contributed by atoms with Gasteiger partial charge < -0.3 is 14.7 Å². The Kier molecular flexibility index (Phi) is 4.24. The second-order valence-electron chi connectivity index (χ2n) is 4.44. The second kappa shape index (κ2) is 5.71. The molecule has 98 valence electrons. The minimum Gasteiger partial charge on any atom is -0.481 e. The van der Waals surface area contributed by atoms with Crippen LogP contribution in [0.15, 0.2) is 28.7 Å². The largest absolute Gasteiger partial charge is 0.481 e. The molecule has 1 saturated heterocycles. The van der Waals surface area contributed by atoms with Crippen molar-refractivity contribution in [2.45, 2.75) is 25.6 Å². The van der Waals surface area contributed by atoms with Crippen LogP contribution >= 0.6 is 15.9 Å². The quantitative estimate of drug-likeness (QED) is 0.926. The maximum atomic E-state index is 12.0. The predicted molar refractivity (Wildman–Crippen MR) is 71.4 cm³/mol. The fourth-order valence-corrected chi connectivity index (χ4v) is 2.23. The number of nitrogens with zero attached hydrogens (tertiary/aromatic N) is 1. The fraction of sp³-hybridized carbons (Fsp3) is 0.462. The third-order valence-corrected chi connectivity index (χ3v) is 3.48. The van der Waals surface area contributed by atoms with Crippen molar-refractivity contribution in [2.24, 2.45) is 0 Å². The number of carbonyl (C=O) groups excluding carboxylic acids is 1. The number of amides is 1. The number of likely N-dealkylation sites (tertiary alicyclic amines) is 1. The number of rotatable bonds is 3. The normalized spacial score (nSPS) is 20.8. The van der Waals surface area contributed by atoms with E-state index in [4.69, 9.17) is 4.74 Å². The van der Waals surface area contributed by atoms with Crippen molar-refractivity contribution in [3.63, 3.8) is 0 Å². The summed E-state index contributed by atoms with van der Waals surface area (Å²) in [5, 5.41) is 9.41. The van der Waals surface area contributed by atoms with E-state index in [1.165, 1.54) is 0 Å². The molecular weight excluding hydrogens is 298 g/mol. The summed E-state index contributed by atoms with van der Waals surface area (Å²) in [6.45, 7) is 2.75. The molecule has 18 heavy (non-hydrogen) atoms. The summed E-state index contributed by atoms with van der Waals surface area (Å²) in [6.07, 6.45) is -0.276. The Balaban J connectivity index is 1.93. The topological polar surface area (TPSA) is 49.8 Å². The number of β-amino-alcohol motifs (C(OH)–C–C–N with tert-alkyl or cyclic N) is 1. The molecule has 1 unspecified atom stereocenters. The molecule has 1 amide bonds. The number of hydrogen-bond donors (Lipinski definition) is 1. The molecule has 0 bridgehead atoms. The van der Waals surface area contributed by atoms with Gasteiger partial charge >= 0.3 is 0 Å². The number of halogens is 1. The number of aliphatic hydroxyl groups excluding tert-OH is 1. The van der Waals surface area contributed by atoms with Gasteiger partial charge in [0.1, 0.15) is 5.75 Å². The van der Waals surface area contributed by atoms with Gasteiger partial charge in [0.2, 0.25) is 0 Å². The van der Waals surface area contributed by atoms with E-state index in [1.807, 2.05) is 24.3 Å². The minimum absolute atomic E-state index is 0.0746. The molecule has 0 radical (unpaired) electrons. The van der Waals surface area contributed by atoms with Crippen LogP contribution in [0.25, 0.3) is 0 Å². The maximum absolute atomic E-state index is 12.0. The van der Waals surface area contributed by atoms with E-state index >= 15 is 0 Å². The van der Waals surface area contributed by atoms with Crippen molar-refractivity contribution in [2.75, 3.05) is 13.1 Å². The van der Waals surface area contributed by atoms with Gasteiger partial charge in [-0.3, -0.25) is 4.79 Å². The highest BCUT2D eigenvalue weighted by Gasteiger charge is 2.28. The van der Waals surface area contributed by atoms with E-state index in [1.54, 1.807) is 11.8 Å².